The molecular formula is C29H31ClFN3O4. The van der Waals surface area contributed by atoms with Crippen LogP contribution in [0.15, 0.2) is 55.1 Å². The monoisotopic (exact) mass is 539 g/mol. The van der Waals surface area contributed by atoms with Gasteiger partial charge < -0.3 is 19.6 Å². The summed E-state index contributed by atoms with van der Waals surface area (Å²) in [7, 11) is 0. The lowest BCUT2D eigenvalue weighted by Gasteiger charge is -2.39. The van der Waals surface area contributed by atoms with Gasteiger partial charge in [0.2, 0.25) is 0 Å². The minimum Gasteiger partial charge on any atom is -0.449 e. The number of fused-ring (bicyclic) bond motifs is 1. The number of carbonyl (C=O) groups excluding carboxylic acids is 2. The molecule has 0 saturated carbocycles. The highest BCUT2D eigenvalue weighted by Gasteiger charge is 2.31. The van der Waals surface area contributed by atoms with Gasteiger partial charge in [0.1, 0.15) is 11.4 Å². The molecule has 1 unspecified atom stereocenters. The van der Waals surface area contributed by atoms with Crippen molar-refractivity contribution in [1.82, 2.24) is 14.8 Å². The van der Waals surface area contributed by atoms with Crippen molar-refractivity contribution in [2.75, 3.05) is 26.2 Å². The van der Waals surface area contributed by atoms with Gasteiger partial charge in [-0.3, -0.25) is 4.79 Å². The van der Waals surface area contributed by atoms with E-state index in [1.54, 1.807) is 40.1 Å². The Bertz CT molecular complexity index is 1390. The van der Waals surface area contributed by atoms with E-state index in [0.717, 1.165) is 6.42 Å². The van der Waals surface area contributed by atoms with Crippen molar-refractivity contribution in [2.45, 2.75) is 38.8 Å². The van der Waals surface area contributed by atoms with Gasteiger partial charge >= 0.3 is 6.09 Å². The first-order valence-electron chi connectivity index (χ1n) is 12.5. The number of hydrogen-bond acceptors (Lipinski definition) is 5. The third-order valence-electron chi connectivity index (χ3n) is 6.79. The Hall–Kier alpha value is -3.49. The average Bonchev–Trinajstić information content (AvgIpc) is 2.90. The van der Waals surface area contributed by atoms with Gasteiger partial charge in [-0.05, 0) is 44.5 Å². The van der Waals surface area contributed by atoms with E-state index in [4.69, 9.17) is 16.3 Å². The summed E-state index contributed by atoms with van der Waals surface area (Å²) < 4.78 is 20.1. The molecule has 4 rings (SSSR count). The standard InChI is InChI=1S/C29H31ClFN3O4/c1-5-13-38-28(36)34-12-11-33(17-18(34)3)27(35)20-7-9-21-23(30)16-25(32-26(21)15-20)19-8-10-22(24(31)14-19)29(4,37)6-2/h6-10,14-16,18,37H,2,5,11-13,17H2,1,3-4H3/t18-,29?/m1/s1. The third-order valence-corrected chi connectivity index (χ3v) is 7.11. The number of rotatable bonds is 6. The third kappa shape index (κ3) is 5.51. The summed E-state index contributed by atoms with van der Waals surface area (Å²) in [4.78, 5) is 33.6. The van der Waals surface area contributed by atoms with Crippen molar-refractivity contribution >= 4 is 34.5 Å². The maximum atomic E-state index is 14.8. The van der Waals surface area contributed by atoms with Gasteiger partial charge in [-0.25, -0.2) is 14.2 Å². The molecule has 1 fully saturated rings. The van der Waals surface area contributed by atoms with Crippen LogP contribution in [0.4, 0.5) is 9.18 Å². The lowest BCUT2D eigenvalue weighted by Crippen LogP contribution is -2.55. The number of hydrogen-bond donors (Lipinski definition) is 1. The quantitative estimate of drug-likeness (QED) is 0.401. The molecule has 1 aliphatic rings. The molecule has 1 N–H and O–H groups in total. The van der Waals surface area contributed by atoms with Gasteiger partial charge in [0.05, 0.1) is 22.8 Å². The molecule has 1 saturated heterocycles. The van der Waals surface area contributed by atoms with Gasteiger partial charge in [0, 0.05) is 47.8 Å². The SMILES string of the molecule is C=CC(C)(O)c1ccc(-c2cc(Cl)c3ccc(C(=O)N4CCN(C(=O)OCCC)[C@H](C)C4)cc3n2)cc1F. The first-order chi connectivity index (χ1) is 18.1. The number of aromatic nitrogens is 1. The Morgan fingerprint density at radius 2 is 2.03 bits per heavy atom. The summed E-state index contributed by atoms with van der Waals surface area (Å²) in [6, 6.07) is 11.0. The maximum Gasteiger partial charge on any atom is 0.410 e. The van der Waals surface area contributed by atoms with E-state index in [1.165, 1.54) is 25.1 Å². The van der Waals surface area contributed by atoms with Crippen LogP contribution in [0.2, 0.25) is 5.02 Å². The van der Waals surface area contributed by atoms with Crippen molar-refractivity contribution in [3.63, 3.8) is 0 Å². The van der Waals surface area contributed by atoms with Gasteiger partial charge in [-0.15, -0.1) is 0 Å². The summed E-state index contributed by atoms with van der Waals surface area (Å²) in [5.74, 6) is -0.771. The van der Waals surface area contributed by atoms with Crippen molar-refractivity contribution in [2.24, 2.45) is 0 Å². The number of piperazine rings is 1. The number of pyridine rings is 1. The predicted octanol–water partition coefficient (Wildman–Crippen LogP) is 5.78. The van der Waals surface area contributed by atoms with E-state index in [-0.39, 0.29) is 23.6 Å². The zero-order valence-electron chi connectivity index (χ0n) is 21.7. The first kappa shape index (κ1) is 27.5. The maximum absolute atomic E-state index is 14.8. The van der Waals surface area contributed by atoms with Crippen molar-refractivity contribution in [3.05, 3.63) is 77.1 Å². The number of halogens is 2. The fourth-order valence-corrected chi connectivity index (χ4v) is 4.79. The number of aliphatic hydroxyl groups is 1. The van der Waals surface area contributed by atoms with Gasteiger partial charge in [0.15, 0.2) is 0 Å². The summed E-state index contributed by atoms with van der Waals surface area (Å²) >= 11 is 6.53. The highest BCUT2D eigenvalue weighted by atomic mass is 35.5. The number of amides is 2. The van der Waals surface area contributed by atoms with E-state index in [0.29, 0.717) is 59.0 Å². The molecule has 1 aromatic heterocycles. The fourth-order valence-electron chi connectivity index (χ4n) is 4.53. The number of ether oxygens (including phenoxy) is 1. The van der Waals surface area contributed by atoms with E-state index < -0.39 is 11.4 Å². The number of benzene rings is 2. The Balaban J connectivity index is 1.58. The highest BCUT2D eigenvalue weighted by Crippen LogP contribution is 2.32. The topological polar surface area (TPSA) is 83.0 Å². The molecule has 1 aliphatic heterocycles. The van der Waals surface area contributed by atoms with E-state index in [9.17, 15) is 19.1 Å². The van der Waals surface area contributed by atoms with Crippen molar-refractivity contribution in [1.29, 1.82) is 0 Å². The smallest absolute Gasteiger partial charge is 0.410 e. The molecular weight excluding hydrogens is 509 g/mol. The van der Waals surface area contributed by atoms with E-state index >= 15 is 0 Å². The van der Waals surface area contributed by atoms with Crippen molar-refractivity contribution in [3.8, 4) is 11.3 Å². The van der Waals surface area contributed by atoms with Crippen LogP contribution in [0.25, 0.3) is 22.2 Å². The van der Waals surface area contributed by atoms with Gasteiger partial charge in [-0.1, -0.05) is 49.4 Å². The predicted molar refractivity (Wildman–Crippen MR) is 146 cm³/mol. The highest BCUT2D eigenvalue weighted by molar-refractivity contribution is 6.35. The second-order valence-corrected chi connectivity index (χ2v) is 10.1. The molecule has 0 aliphatic carbocycles. The van der Waals surface area contributed by atoms with Crippen LogP contribution in [0.5, 0.6) is 0 Å². The van der Waals surface area contributed by atoms with Gasteiger partial charge in [0.25, 0.3) is 5.91 Å². The average molecular weight is 540 g/mol. The first-order valence-corrected chi connectivity index (χ1v) is 12.9. The van der Waals surface area contributed by atoms with Crippen LogP contribution < -0.4 is 0 Å². The Labute approximate surface area is 226 Å². The Morgan fingerprint density at radius 1 is 1.26 bits per heavy atom. The molecule has 9 heteroatoms. The van der Waals surface area contributed by atoms with Crippen LogP contribution in [-0.4, -0.2) is 64.2 Å². The molecule has 38 heavy (non-hydrogen) atoms. The summed E-state index contributed by atoms with van der Waals surface area (Å²) in [5.41, 5.74) is 0.441. The molecule has 0 spiro atoms. The van der Waals surface area contributed by atoms with Crippen LogP contribution in [0.3, 0.4) is 0 Å². The molecule has 0 radical (unpaired) electrons. The lowest BCUT2D eigenvalue weighted by atomic mass is 9.94. The summed E-state index contributed by atoms with van der Waals surface area (Å²) in [6.45, 7) is 10.4. The Morgan fingerprint density at radius 3 is 2.68 bits per heavy atom. The second kappa shape index (κ2) is 11.1. The molecule has 2 heterocycles. The normalized spacial score (nSPS) is 17.3. The molecule has 3 aromatic rings. The summed E-state index contributed by atoms with van der Waals surface area (Å²) in [5, 5.41) is 11.4. The molecule has 7 nitrogen and oxygen atoms in total. The molecule has 2 amide bonds. The van der Waals surface area contributed by atoms with Crippen molar-refractivity contribution < 1.29 is 23.8 Å². The summed E-state index contributed by atoms with van der Waals surface area (Å²) in [6.07, 6.45) is 1.66. The number of carbonyl (C=O) groups is 2. The second-order valence-electron chi connectivity index (χ2n) is 9.68. The minimum absolute atomic E-state index is 0.101. The lowest BCUT2D eigenvalue weighted by molar-refractivity contribution is 0.0412. The van der Waals surface area contributed by atoms with E-state index in [2.05, 4.69) is 11.6 Å². The fraction of sp³-hybridized carbons (Fsp3) is 0.345. The van der Waals surface area contributed by atoms with Crippen LogP contribution >= 0.6 is 11.6 Å². The number of nitrogens with zero attached hydrogens (tertiary/aromatic N) is 3. The molecule has 2 aromatic carbocycles. The van der Waals surface area contributed by atoms with Gasteiger partial charge in [-0.2, -0.15) is 0 Å². The minimum atomic E-state index is -1.51. The van der Waals surface area contributed by atoms with Crippen LogP contribution in [-0.2, 0) is 10.3 Å². The zero-order chi connectivity index (χ0) is 27.6. The van der Waals surface area contributed by atoms with Crippen LogP contribution in [0, 0.1) is 5.82 Å². The molecule has 200 valence electrons. The molecule has 0 bridgehead atoms. The van der Waals surface area contributed by atoms with E-state index in [1.807, 2.05) is 13.8 Å². The Kier molecular flexibility index (Phi) is 8.04. The van der Waals surface area contributed by atoms with Crippen LogP contribution in [0.1, 0.15) is 43.1 Å². The largest absolute Gasteiger partial charge is 0.449 e. The molecule has 2 atom stereocenters. The zero-order valence-corrected chi connectivity index (χ0v) is 22.5.